The zero-order valence-corrected chi connectivity index (χ0v) is 11.9. The topological polar surface area (TPSA) is 84.2 Å². The minimum absolute atomic E-state index is 0.198. The van der Waals surface area contributed by atoms with Crippen molar-refractivity contribution < 1.29 is 9.59 Å². The van der Waals surface area contributed by atoms with E-state index in [-0.39, 0.29) is 16.8 Å². The highest BCUT2D eigenvalue weighted by Gasteiger charge is 2.51. The molecule has 0 aromatic carbocycles. The van der Waals surface area contributed by atoms with Crippen LogP contribution < -0.4 is 16.4 Å². The minimum Gasteiger partial charge on any atom is -0.392 e. The third-order valence-electron chi connectivity index (χ3n) is 3.39. The fourth-order valence-corrected chi connectivity index (χ4v) is 2.62. The van der Waals surface area contributed by atoms with Gasteiger partial charge in [0.2, 0.25) is 11.8 Å². The molecule has 1 aliphatic carbocycles. The molecule has 0 aromatic rings. The van der Waals surface area contributed by atoms with E-state index >= 15 is 0 Å². The highest BCUT2D eigenvalue weighted by Crippen LogP contribution is 2.46. The monoisotopic (exact) mass is 271 g/mol. The van der Waals surface area contributed by atoms with Crippen LogP contribution in [0.15, 0.2) is 0 Å². The molecule has 102 valence electrons. The lowest BCUT2D eigenvalue weighted by molar-refractivity contribution is -0.136. The molecule has 0 aliphatic heterocycles. The van der Waals surface area contributed by atoms with Crippen LogP contribution in [-0.4, -0.2) is 29.4 Å². The van der Waals surface area contributed by atoms with Gasteiger partial charge in [-0.05, 0) is 32.6 Å². The van der Waals surface area contributed by atoms with Gasteiger partial charge < -0.3 is 16.4 Å². The lowest BCUT2D eigenvalue weighted by Gasteiger charge is -2.44. The SMILES string of the molecule is CCNC(=O)C(C)NC(=O)C1(C(N)=S)CC(C)C1. The predicted octanol–water partition coefficient (Wildman–Crippen LogP) is 0.330. The third-order valence-corrected chi connectivity index (χ3v) is 3.78. The zero-order valence-electron chi connectivity index (χ0n) is 11.1. The molecular formula is C12H21N3O2S. The summed E-state index contributed by atoms with van der Waals surface area (Å²) < 4.78 is 0. The summed E-state index contributed by atoms with van der Waals surface area (Å²) in [5.41, 5.74) is 4.92. The molecule has 1 rings (SSSR count). The van der Waals surface area contributed by atoms with Gasteiger partial charge in [-0.25, -0.2) is 0 Å². The molecule has 2 amide bonds. The molecule has 18 heavy (non-hydrogen) atoms. The maximum Gasteiger partial charge on any atom is 0.242 e. The van der Waals surface area contributed by atoms with Gasteiger partial charge in [-0.3, -0.25) is 9.59 Å². The second-order valence-electron chi connectivity index (χ2n) is 5.05. The second kappa shape index (κ2) is 5.65. The van der Waals surface area contributed by atoms with Crippen LogP contribution in [0, 0.1) is 11.3 Å². The Balaban J connectivity index is 2.64. The Bertz CT molecular complexity index is 364. The maximum atomic E-state index is 12.2. The second-order valence-corrected chi connectivity index (χ2v) is 5.49. The fraction of sp³-hybridized carbons (Fsp3) is 0.750. The van der Waals surface area contributed by atoms with Crippen molar-refractivity contribution in [3.63, 3.8) is 0 Å². The largest absolute Gasteiger partial charge is 0.392 e. The van der Waals surface area contributed by atoms with Crippen molar-refractivity contribution in [1.29, 1.82) is 0 Å². The van der Waals surface area contributed by atoms with Crippen molar-refractivity contribution in [2.24, 2.45) is 17.1 Å². The molecule has 0 bridgehead atoms. The van der Waals surface area contributed by atoms with Crippen LogP contribution >= 0.6 is 12.2 Å². The molecule has 5 nitrogen and oxygen atoms in total. The van der Waals surface area contributed by atoms with Crippen LogP contribution in [0.25, 0.3) is 0 Å². The van der Waals surface area contributed by atoms with E-state index in [2.05, 4.69) is 17.6 Å². The fourth-order valence-electron chi connectivity index (χ4n) is 2.36. The summed E-state index contributed by atoms with van der Waals surface area (Å²) in [5, 5.41) is 5.35. The standard InChI is InChI=1S/C12H21N3O2S/c1-4-14-9(16)8(3)15-11(17)12(10(13)18)5-7(2)6-12/h7-8H,4-6H2,1-3H3,(H2,13,18)(H,14,16)(H,15,17). The molecule has 1 atom stereocenters. The number of rotatable bonds is 5. The summed E-state index contributed by atoms with van der Waals surface area (Å²) in [6.07, 6.45) is 1.33. The first-order valence-electron chi connectivity index (χ1n) is 6.22. The maximum absolute atomic E-state index is 12.2. The van der Waals surface area contributed by atoms with Gasteiger partial charge in [-0.15, -0.1) is 0 Å². The number of nitrogens with one attached hydrogen (secondary N) is 2. The third kappa shape index (κ3) is 2.80. The zero-order chi connectivity index (χ0) is 13.9. The lowest BCUT2D eigenvalue weighted by atomic mass is 9.62. The normalized spacial score (nSPS) is 27.8. The summed E-state index contributed by atoms with van der Waals surface area (Å²) >= 11 is 5.00. The highest BCUT2D eigenvalue weighted by molar-refractivity contribution is 7.80. The minimum atomic E-state index is -0.754. The van der Waals surface area contributed by atoms with Crippen LogP contribution in [0.3, 0.4) is 0 Å². The van der Waals surface area contributed by atoms with E-state index in [1.54, 1.807) is 6.92 Å². The van der Waals surface area contributed by atoms with Crippen LogP contribution in [-0.2, 0) is 9.59 Å². The van der Waals surface area contributed by atoms with E-state index < -0.39 is 11.5 Å². The highest BCUT2D eigenvalue weighted by atomic mass is 32.1. The van der Waals surface area contributed by atoms with E-state index in [1.165, 1.54) is 0 Å². The molecule has 1 saturated carbocycles. The predicted molar refractivity (Wildman–Crippen MR) is 73.9 cm³/mol. The van der Waals surface area contributed by atoms with E-state index in [1.807, 2.05) is 6.92 Å². The van der Waals surface area contributed by atoms with Crippen molar-refractivity contribution >= 4 is 29.0 Å². The van der Waals surface area contributed by atoms with Gasteiger partial charge in [0.15, 0.2) is 0 Å². The summed E-state index contributed by atoms with van der Waals surface area (Å²) in [4.78, 5) is 24.0. The quantitative estimate of drug-likeness (QED) is 0.629. The Hall–Kier alpha value is -1.17. The van der Waals surface area contributed by atoms with Crippen LogP contribution in [0.5, 0.6) is 0 Å². The molecule has 0 saturated heterocycles. The average molecular weight is 271 g/mol. The summed E-state index contributed by atoms with van der Waals surface area (Å²) in [7, 11) is 0. The number of nitrogens with two attached hydrogens (primary N) is 1. The molecule has 0 spiro atoms. The number of carbonyl (C=O) groups is 2. The van der Waals surface area contributed by atoms with Crippen LogP contribution in [0.2, 0.25) is 0 Å². The van der Waals surface area contributed by atoms with Crippen molar-refractivity contribution in [3.05, 3.63) is 0 Å². The average Bonchev–Trinajstić information content (AvgIpc) is 2.23. The number of amides is 2. The molecule has 4 N–H and O–H groups in total. The molecular weight excluding hydrogens is 250 g/mol. The Morgan fingerprint density at radius 2 is 2.06 bits per heavy atom. The first-order valence-corrected chi connectivity index (χ1v) is 6.63. The summed E-state index contributed by atoms with van der Waals surface area (Å²) in [6.45, 7) is 6.07. The number of thiocarbonyl (C=S) groups is 1. The van der Waals surface area contributed by atoms with Crippen molar-refractivity contribution in [3.8, 4) is 0 Å². The van der Waals surface area contributed by atoms with Gasteiger partial charge >= 0.3 is 0 Å². The number of hydrogen-bond acceptors (Lipinski definition) is 3. The van der Waals surface area contributed by atoms with E-state index in [0.717, 1.165) is 0 Å². The van der Waals surface area contributed by atoms with Gasteiger partial charge in [0.05, 0.1) is 10.4 Å². The molecule has 1 aliphatic rings. The van der Waals surface area contributed by atoms with Crippen molar-refractivity contribution in [2.45, 2.75) is 39.7 Å². The Kier molecular flexibility index (Phi) is 4.67. The van der Waals surface area contributed by atoms with Gasteiger partial charge in [0.1, 0.15) is 6.04 Å². The van der Waals surface area contributed by atoms with E-state index in [9.17, 15) is 9.59 Å². The molecule has 0 heterocycles. The number of hydrogen-bond donors (Lipinski definition) is 3. The smallest absolute Gasteiger partial charge is 0.242 e. The van der Waals surface area contributed by atoms with Gasteiger partial charge in [0, 0.05) is 6.54 Å². The van der Waals surface area contributed by atoms with E-state index in [4.69, 9.17) is 18.0 Å². The number of likely N-dealkylation sites (N-methyl/N-ethyl adjacent to an activating group) is 1. The first-order chi connectivity index (χ1) is 8.33. The van der Waals surface area contributed by atoms with Gasteiger partial charge in [-0.1, -0.05) is 19.1 Å². The molecule has 1 unspecified atom stereocenters. The van der Waals surface area contributed by atoms with Crippen molar-refractivity contribution in [2.75, 3.05) is 6.54 Å². The molecule has 1 fully saturated rings. The Morgan fingerprint density at radius 1 is 1.50 bits per heavy atom. The lowest BCUT2D eigenvalue weighted by Crippen LogP contribution is -2.59. The first kappa shape index (κ1) is 14.9. The van der Waals surface area contributed by atoms with Crippen molar-refractivity contribution in [1.82, 2.24) is 10.6 Å². The number of carbonyl (C=O) groups excluding carboxylic acids is 2. The Morgan fingerprint density at radius 3 is 2.44 bits per heavy atom. The summed E-state index contributed by atoms with van der Waals surface area (Å²) in [5.74, 6) is 0.0141. The molecule has 0 aromatic heterocycles. The van der Waals surface area contributed by atoms with Gasteiger partial charge in [0.25, 0.3) is 0 Å². The van der Waals surface area contributed by atoms with Crippen LogP contribution in [0.4, 0.5) is 0 Å². The van der Waals surface area contributed by atoms with E-state index in [0.29, 0.717) is 25.3 Å². The van der Waals surface area contributed by atoms with Crippen LogP contribution in [0.1, 0.15) is 33.6 Å². The van der Waals surface area contributed by atoms with Gasteiger partial charge in [-0.2, -0.15) is 0 Å². The Labute approximate surface area is 113 Å². The summed E-state index contributed by atoms with van der Waals surface area (Å²) in [6, 6.07) is -0.570. The molecule has 0 radical (unpaired) electrons. The molecule has 6 heteroatoms.